The molecular formula is C27H30FNO2. The normalized spacial score (nSPS) is 25.3. The molecule has 0 saturated heterocycles. The van der Waals surface area contributed by atoms with E-state index in [9.17, 15) is 9.18 Å². The van der Waals surface area contributed by atoms with Crippen LogP contribution in [0.5, 0.6) is 5.75 Å². The van der Waals surface area contributed by atoms with Crippen LogP contribution in [0.2, 0.25) is 0 Å². The molecule has 2 aliphatic rings. The molecule has 4 rings (SSSR count). The number of nitrogens with zero attached hydrogens (tertiary/aromatic N) is 1. The van der Waals surface area contributed by atoms with Crippen LogP contribution in [0.4, 0.5) is 4.39 Å². The molecule has 2 fully saturated rings. The van der Waals surface area contributed by atoms with Crippen molar-refractivity contribution >= 4 is 5.97 Å². The highest BCUT2D eigenvalue weighted by molar-refractivity contribution is 5.91. The van der Waals surface area contributed by atoms with Crippen LogP contribution >= 0.6 is 0 Å². The van der Waals surface area contributed by atoms with Crippen molar-refractivity contribution < 1.29 is 13.9 Å². The number of benzene rings is 2. The molecule has 0 aromatic heterocycles. The van der Waals surface area contributed by atoms with Crippen LogP contribution in [0.15, 0.2) is 42.5 Å². The summed E-state index contributed by atoms with van der Waals surface area (Å²) < 4.78 is 20.3. The number of hydrogen-bond acceptors (Lipinski definition) is 3. The van der Waals surface area contributed by atoms with Gasteiger partial charge in [0.05, 0.1) is 17.2 Å². The number of carbonyl (C=O) groups excluding carboxylic acids is 1. The second-order valence-corrected chi connectivity index (χ2v) is 9.26. The molecule has 0 spiro atoms. The molecule has 0 bridgehead atoms. The highest BCUT2D eigenvalue weighted by Gasteiger charge is 2.36. The van der Waals surface area contributed by atoms with Gasteiger partial charge in [-0.25, -0.2) is 9.18 Å². The van der Waals surface area contributed by atoms with Crippen molar-refractivity contribution in [2.24, 2.45) is 17.8 Å². The van der Waals surface area contributed by atoms with Crippen LogP contribution in [0.3, 0.4) is 0 Å². The van der Waals surface area contributed by atoms with E-state index in [4.69, 9.17) is 10.00 Å². The molecule has 3 nitrogen and oxygen atoms in total. The lowest BCUT2D eigenvalue weighted by molar-refractivity contribution is 0.0734. The van der Waals surface area contributed by atoms with Gasteiger partial charge in [0.25, 0.3) is 0 Å². The molecule has 162 valence electrons. The van der Waals surface area contributed by atoms with Crippen LogP contribution in [-0.4, -0.2) is 5.97 Å². The Morgan fingerprint density at radius 2 is 1.81 bits per heavy atom. The Labute approximate surface area is 184 Å². The van der Waals surface area contributed by atoms with Crippen LogP contribution < -0.4 is 4.74 Å². The van der Waals surface area contributed by atoms with Gasteiger partial charge in [-0.1, -0.05) is 32.3 Å². The molecule has 0 amide bonds. The van der Waals surface area contributed by atoms with Gasteiger partial charge in [-0.15, -0.1) is 0 Å². The van der Waals surface area contributed by atoms with Gasteiger partial charge in [-0.2, -0.15) is 5.26 Å². The zero-order valence-electron chi connectivity index (χ0n) is 18.1. The van der Waals surface area contributed by atoms with Gasteiger partial charge in [0.1, 0.15) is 11.6 Å². The summed E-state index contributed by atoms with van der Waals surface area (Å²) in [6.07, 6.45) is 9.87. The van der Waals surface area contributed by atoms with E-state index in [2.05, 4.69) is 6.92 Å². The molecule has 2 aromatic carbocycles. The van der Waals surface area contributed by atoms with Crippen molar-refractivity contribution in [3.05, 3.63) is 65.0 Å². The second-order valence-electron chi connectivity index (χ2n) is 9.26. The predicted molar refractivity (Wildman–Crippen MR) is 118 cm³/mol. The standard InChI is InChI=1S/C27H30FNO2/c1-2-3-18-4-7-21-15-22(9-8-20(21)14-18)25-13-10-23(16-26(25)28)27(30)31-24-11-5-19(17-29)6-12-24/h5-6,10-13,16,18,20-22H,2-4,7-9,14-15H2,1H3. The Bertz CT molecular complexity index is 962. The molecule has 0 N–H and O–H groups in total. The molecule has 4 atom stereocenters. The van der Waals surface area contributed by atoms with Crippen molar-refractivity contribution in [1.29, 1.82) is 5.26 Å². The highest BCUT2D eigenvalue weighted by atomic mass is 19.1. The molecule has 2 saturated carbocycles. The van der Waals surface area contributed by atoms with Crippen molar-refractivity contribution in [1.82, 2.24) is 0 Å². The molecule has 0 radical (unpaired) electrons. The lowest BCUT2D eigenvalue weighted by atomic mass is 9.63. The number of ether oxygens (including phenoxy) is 1. The minimum atomic E-state index is -0.590. The number of halogens is 1. The SMILES string of the molecule is CCCC1CCC2CC(c3ccc(C(=O)Oc4ccc(C#N)cc4)cc3F)CCC2C1. The Hall–Kier alpha value is -2.67. The number of fused-ring (bicyclic) bond motifs is 1. The van der Waals surface area contributed by atoms with Gasteiger partial charge in [0.15, 0.2) is 0 Å². The van der Waals surface area contributed by atoms with E-state index in [0.717, 1.165) is 30.2 Å². The Balaban J connectivity index is 1.39. The first-order chi connectivity index (χ1) is 15.1. The second kappa shape index (κ2) is 9.64. The number of rotatable bonds is 5. The summed E-state index contributed by atoms with van der Waals surface area (Å²) in [6, 6.07) is 13.1. The van der Waals surface area contributed by atoms with E-state index in [1.807, 2.05) is 6.07 Å². The third kappa shape index (κ3) is 4.98. The van der Waals surface area contributed by atoms with E-state index < -0.39 is 5.97 Å². The number of hydrogen-bond donors (Lipinski definition) is 0. The summed E-state index contributed by atoms with van der Waals surface area (Å²) in [5, 5.41) is 8.85. The van der Waals surface area contributed by atoms with Crippen molar-refractivity contribution in [2.75, 3.05) is 0 Å². The Kier molecular flexibility index (Phi) is 6.70. The first kappa shape index (κ1) is 21.6. The molecule has 4 heteroatoms. The van der Waals surface area contributed by atoms with Gasteiger partial charge < -0.3 is 4.74 Å². The first-order valence-corrected chi connectivity index (χ1v) is 11.6. The van der Waals surface area contributed by atoms with Gasteiger partial charge in [0, 0.05) is 0 Å². The fourth-order valence-corrected chi connectivity index (χ4v) is 5.69. The molecule has 0 aliphatic heterocycles. The third-order valence-corrected chi connectivity index (χ3v) is 7.29. The number of carbonyl (C=O) groups is 1. The summed E-state index contributed by atoms with van der Waals surface area (Å²) >= 11 is 0. The van der Waals surface area contributed by atoms with Crippen LogP contribution in [0.1, 0.15) is 85.7 Å². The number of esters is 1. The Morgan fingerprint density at radius 3 is 2.52 bits per heavy atom. The molecule has 2 aromatic rings. The van der Waals surface area contributed by atoms with E-state index in [1.54, 1.807) is 36.4 Å². The van der Waals surface area contributed by atoms with Crippen LogP contribution in [-0.2, 0) is 0 Å². The summed E-state index contributed by atoms with van der Waals surface area (Å²) in [4.78, 5) is 12.4. The lowest BCUT2D eigenvalue weighted by Crippen LogP contribution is -2.30. The van der Waals surface area contributed by atoms with Gasteiger partial charge >= 0.3 is 5.97 Å². The fourth-order valence-electron chi connectivity index (χ4n) is 5.69. The molecule has 0 heterocycles. The zero-order chi connectivity index (χ0) is 21.8. The van der Waals surface area contributed by atoms with Gasteiger partial charge in [0.2, 0.25) is 0 Å². The molecular weight excluding hydrogens is 389 g/mol. The maximum Gasteiger partial charge on any atom is 0.343 e. The topological polar surface area (TPSA) is 50.1 Å². The summed E-state index contributed by atoms with van der Waals surface area (Å²) in [7, 11) is 0. The quantitative estimate of drug-likeness (QED) is 0.387. The Morgan fingerprint density at radius 1 is 1.06 bits per heavy atom. The van der Waals surface area contributed by atoms with E-state index in [0.29, 0.717) is 17.2 Å². The summed E-state index contributed by atoms with van der Waals surface area (Å²) in [5.74, 6) is 2.10. The largest absolute Gasteiger partial charge is 0.423 e. The van der Waals surface area contributed by atoms with Crippen LogP contribution in [0.25, 0.3) is 0 Å². The highest BCUT2D eigenvalue weighted by Crippen LogP contribution is 2.48. The first-order valence-electron chi connectivity index (χ1n) is 11.6. The minimum absolute atomic E-state index is 0.208. The number of nitriles is 1. The van der Waals surface area contributed by atoms with Crippen molar-refractivity contribution in [2.45, 2.75) is 64.2 Å². The maximum absolute atomic E-state index is 15.0. The van der Waals surface area contributed by atoms with E-state index in [-0.39, 0.29) is 17.3 Å². The smallest absolute Gasteiger partial charge is 0.343 e. The monoisotopic (exact) mass is 419 g/mol. The summed E-state index contributed by atoms with van der Waals surface area (Å²) in [6.45, 7) is 2.27. The zero-order valence-corrected chi connectivity index (χ0v) is 18.1. The van der Waals surface area contributed by atoms with Gasteiger partial charge in [-0.05, 0) is 97.7 Å². The average molecular weight is 420 g/mol. The summed E-state index contributed by atoms with van der Waals surface area (Å²) in [5.41, 5.74) is 1.44. The third-order valence-electron chi connectivity index (χ3n) is 7.29. The molecule has 31 heavy (non-hydrogen) atoms. The fraction of sp³-hybridized carbons (Fsp3) is 0.481. The maximum atomic E-state index is 15.0. The van der Waals surface area contributed by atoms with Crippen molar-refractivity contribution in [3.63, 3.8) is 0 Å². The van der Waals surface area contributed by atoms with E-state index >= 15 is 0 Å². The molecule has 2 aliphatic carbocycles. The van der Waals surface area contributed by atoms with Crippen molar-refractivity contribution in [3.8, 4) is 11.8 Å². The lowest BCUT2D eigenvalue weighted by Gasteiger charge is -2.42. The predicted octanol–water partition coefficient (Wildman–Crippen LogP) is 7.02. The average Bonchev–Trinajstić information content (AvgIpc) is 2.79. The molecule has 4 unspecified atom stereocenters. The van der Waals surface area contributed by atoms with Crippen LogP contribution in [0, 0.1) is 34.9 Å². The minimum Gasteiger partial charge on any atom is -0.423 e. The van der Waals surface area contributed by atoms with Gasteiger partial charge in [-0.3, -0.25) is 0 Å². The van der Waals surface area contributed by atoms with E-state index in [1.165, 1.54) is 44.6 Å².